The van der Waals surface area contributed by atoms with Crippen LogP contribution >= 0.6 is 0 Å². The summed E-state index contributed by atoms with van der Waals surface area (Å²) in [6, 6.07) is 9.01. The van der Waals surface area contributed by atoms with Gasteiger partial charge in [-0.25, -0.2) is 9.78 Å². The number of carbonyl (C=O) groups is 1. The highest BCUT2D eigenvalue weighted by Gasteiger charge is 2.29. The van der Waals surface area contributed by atoms with Crippen LogP contribution in [0.15, 0.2) is 43.0 Å². The monoisotopic (exact) mass is 297 g/mol. The second-order valence-electron chi connectivity index (χ2n) is 5.10. The maximum atomic E-state index is 12.1. The smallest absolute Gasteiger partial charge is 0.339 e. The molecular formula is C16H15N3O3. The molecular weight excluding hydrogens is 282 g/mol. The quantitative estimate of drug-likeness (QED) is 0.806. The summed E-state index contributed by atoms with van der Waals surface area (Å²) in [5, 5.41) is 9.16. The van der Waals surface area contributed by atoms with Gasteiger partial charge >= 0.3 is 5.97 Å². The van der Waals surface area contributed by atoms with Crippen LogP contribution in [0.4, 0.5) is 0 Å². The van der Waals surface area contributed by atoms with Crippen molar-refractivity contribution in [3.63, 3.8) is 0 Å². The molecule has 2 atom stereocenters. The van der Waals surface area contributed by atoms with Crippen LogP contribution in [0.3, 0.4) is 0 Å². The molecule has 3 rings (SSSR count). The lowest BCUT2D eigenvalue weighted by Crippen LogP contribution is -2.26. The topological polar surface area (TPSA) is 77.1 Å². The molecule has 0 radical (unpaired) electrons. The number of nitrogens with zero attached hydrogens (tertiary/aromatic N) is 3. The van der Waals surface area contributed by atoms with Gasteiger partial charge in [-0.05, 0) is 30.7 Å². The highest BCUT2D eigenvalue weighted by molar-refractivity contribution is 5.89. The van der Waals surface area contributed by atoms with Crippen LogP contribution < -0.4 is 0 Å². The largest absolute Gasteiger partial charge is 0.443 e. The van der Waals surface area contributed by atoms with Gasteiger partial charge in [0, 0.05) is 30.6 Å². The summed E-state index contributed by atoms with van der Waals surface area (Å²) in [4.78, 5) is 16.1. The molecule has 1 aromatic heterocycles. The molecule has 0 bridgehead atoms. The Balaban J connectivity index is 1.68. The lowest BCUT2D eigenvalue weighted by Gasteiger charge is -2.15. The van der Waals surface area contributed by atoms with Crippen LogP contribution in [-0.4, -0.2) is 34.8 Å². The Bertz CT molecular complexity index is 668. The summed E-state index contributed by atoms with van der Waals surface area (Å²) in [6.45, 7) is 1.07. The Morgan fingerprint density at radius 3 is 2.86 bits per heavy atom. The number of esters is 1. The lowest BCUT2D eigenvalue weighted by molar-refractivity contribution is 0.0277. The normalized spacial score (nSPS) is 18.6. The van der Waals surface area contributed by atoms with Crippen molar-refractivity contribution in [3.8, 4) is 11.8 Å². The summed E-state index contributed by atoms with van der Waals surface area (Å²) in [7, 11) is 0. The third kappa shape index (κ3) is 3.00. The molecule has 0 N–H and O–H groups in total. The molecule has 0 spiro atoms. The molecule has 112 valence electrons. The van der Waals surface area contributed by atoms with E-state index in [-0.39, 0.29) is 5.92 Å². The van der Waals surface area contributed by atoms with Crippen LogP contribution in [0.25, 0.3) is 5.69 Å². The molecule has 6 heteroatoms. The van der Waals surface area contributed by atoms with Gasteiger partial charge < -0.3 is 14.0 Å². The maximum absolute atomic E-state index is 12.1. The molecule has 0 saturated carbocycles. The van der Waals surface area contributed by atoms with Gasteiger partial charge in [-0.1, -0.05) is 0 Å². The Kier molecular flexibility index (Phi) is 4.17. The van der Waals surface area contributed by atoms with Gasteiger partial charge in [-0.3, -0.25) is 0 Å². The molecule has 0 amide bonds. The van der Waals surface area contributed by atoms with E-state index >= 15 is 0 Å². The average molecular weight is 297 g/mol. The minimum atomic E-state index is -0.761. The first kappa shape index (κ1) is 14.3. The third-order valence-corrected chi connectivity index (χ3v) is 3.66. The van der Waals surface area contributed by atoms with Crippen molar-refractivity contribution in [2.45, 2.75) is 12.5 Å². The first-order chi connectivity index (χ1) is 10.8. The van der Waals surface area contributed by atoms with Crippen molar-refractivity contribution < 1.29 is 14.3 Å². The van der Waals surface area contributed by atoms with Crippen molar-refractivity contribution in [1.29, 1.82) is 5.26 Å². The minimum Gasteiger partial charge on any atom is -0.443 e. The number of nitriles is 1. The molecule has 1 fully saturated rings. The van der Waals surface area contributed by atoms with Crippen LogP contribution in [0.5, 0.6) is 0 Å². The fourth-order valence-corrected chi connectivity index (χ4v) is 2.38. The molecule has 0 aliphatic carbocycles. The number of imidazole rings is 1. The van der Waals surface area contributed by atoms with E-state index in [1.165, 1.54) is 0 Å². The zero-order valence-electron chi connectivity index (χ0n) is 11.9. The average Bonchev–Trinajstić information content (AvgIpc) is 3.25. The standard InChI is InChI=1S/C16H15N3O3/c17-9-15(13-5-8-21-10-13)22-16(20)12-1-3-14(4-2-12)19-7-6-18-11-19/h1-4,6-7,11,13,15H,5,8,10H2. The van der Waals surface area contributed by atoms with E-state index in [1.807, 2.05) is 16.8 Å². The zero-order valence-corrected chi connectivity index (χ0v) is 11.9. The van der Waals surface area contributed by atoms with Crippen molar-refractivity contribution in [2.24, 2.45) is 5.92 Å². The van der Waals surface area contributed by atoms with Gasteiger partial charge in [0.25, 0.3) is 0 Å². The minimum absolute atomic E-state index is 0.0424. The van der Waals surface area contributed by atoms with Crippen molar-refractivity contribution in [1.82, 2.24) is 9.55 Å². The van der Waals surface area contributed by atoms with Gasteiger partial charge in [-0.2, -0.15) is 5.26 Å². The predicted molar refractivity (Wildman–Crippen MR) is 77.3 cm³/mol. The number of carbonyl (C=O) groups excluding carboxylic acids is 1. The Labute approximate surface area is 127 Å². The third-order valence-electron chi connectivity index (χ3n) is 3.66. The van der Waals surface area contributed by atoms with Gasteiger partial charge in [0.15, 0.2) is 6.10 Å². The van der Waals surface area contributed by atoms with E-state index in [2.05, 4.69) is 4.98 Å². The fourth-order valence-electron chi connectivity index (χ4n) is 2.38. The van der Waals surface area contributed by atoms with Crippen LogP contribution in [0.2, 0.25) is 0 Å². The summed E-state index contributed by atoms with van der Waals surface area (Å²) in [5.41, 5.74) is 1.32. The van der Waals surface area contributed by atoms with E-state index < -0.39 is 12.1 Å². The first-order valence-electron chi connectivity index (χ1n) is 7.04. The van der Waals surface area contributed by atoms with Crippen LogP contribution in [0, 0.1) is 17.2 Å². The number of aromatic nitrogens is 2. The molecule has 2 aromatic rings. The van der Waals surface area contributed by atoms with Crippen molar-refractivity contribution in [2.75, 3.05) is 13.2 Å². The van der Waals surface area contributed by atoms with Crippen molar-refractivity contribution >= 4 is 5.97 Å². The Morgan fingerprint density at radius 1 is 1.45 bits per heavy atom. The van der Waals surface area contributed by atoms with E-state index in [4.69, 9.17) is 14.7 Å². The maximum Gasteiger partial charge on any atom is 0.339 e. The molecule has 1 saturated heterocycles. The van der Waals surface area contributed by atoms with Gasteiger partial charge in [0.1, 0.15) is 6.07 Å². The number of benzene rings is 1. The van der Waals surface area contributed by atoms with E-state index in [0.717, 1.165) is 12.1 Å². The number of hydrogen-bond acceptors (Lipinski definition) is 5. The highest BCUT2D eigenvalue weighted by Crippen LogP contribution is 2.20. The Hall–Kier alpha value is -2.65. The number of ether oxygens (including phenoxy) is 2. The van der Waals surface area contributed by atoms with E-state index in [1.54, 1.807) is 36.8 Å². The molecule has 22 heavy (non-hydrogen) atoms. The molecule has 1 aromatic carbocycles. The second kappa shape index (κ2) is 6.41. The predicted octanol–water partition coefficient (Wildman–Crippen LogP) is 1.96. The Morgan fingerprint density at radius 2 is 2.27 bits per heavy atom. The number of hydrogen-bond donors (Lipinski definition) is 0. The highest BCUT2D eigenvalue weighted by atomic mass is 16.5. The van der Waals surface area contributed by atoms with Crippen LogP contribution in [-0.2, 0) is 9.47 Å². The van der Waals surface area contributed by atoms with Gasteiger partial charge in [0.2, 0.25) is 0 Å². The lowest BCUT2D eigenvalue weighted by atomic mass is 10.0. The molecule has 2 unspecified atom stereocenters. The van der Waals surface area contributed by atoms with Gasteiger partial charge in [-0.15, -0.1) is 0 Å². The first-order valence-corrected chi connectivity index (χ1v) is 7.04. The summed E-state index contributed by atoms with van der Waals surface area (Å²) in [6.07, 6.45) is 5.16. The van der Waals surface area contributed by atoms with Gasteiger partial charge in [0.05, 0.1) is 18.5 Å². The SMILES string of the molecule is N#CC(OC(=O)c1ccc(-n2ccnc2)cc1)C1CCOC1. The van der Waals surface area contributed by atoms with E-state index in [9.17, 15) is 4.79 Å². The molecule has 1 aliphatic rings. The van der Waals surface area contributed by atoms with Crippen LogP contribution in [0.1, 0.15) is 16.8 Å². The summed E-state index contributed by atoms with van der Waals surface area (Å²) >= 11 is 0. The zero-order chi connectivity index (χ0) is 15.4. The summed E-state index contributed by atoms with van der Waals surface area (Å²) < 4.78 is 12.4. The molecule has 2 heterocycles. The summed E-state index contributed by atoms with van der Waals surface area (Å²) in [5.74, 6) is -0.533. The second-order valence-corrected chi connectivity index (χ2v) is 5.10. The molecule has 1 aliphatic heterocycles. The van der Waals surface area contributed by atoms with E-state index in [0.29, 0.717) is 18.8 Å². The number of rotatable bonds is 4. The van der Waals surface area contributed by atoms with Crippen molar-refractivity contribution in [3.05, 3.63) is 48.5 Å². The fraction of sp³-hybridized carbons (Fsp3) is 0.312. The molecule has 6 nitrogen and oxygen atoms in total.